The van der Waals surface area contributed by atoms with Gasteiger partial charge in [0, 0.05) is 12.6 Å². The summed E-state index contributed by atoms with van der Waals surface area (Å²) < 4.78 is 5.05. The number of furan rings is 1. The average molecular weight is 356 g/mol. The lowest BCUT2D eigenvalue weighted by Gasteiger charge is -2.10. The number of anilines is 1. The minimum atomic E-state index is -0.321. The second-order valence-electron chi connectivity index (χ2n) is 5.22. The van der Waals surface area contributed by atoms with Gasteiger partial charge >= 0.3 is 0 Å². The van der Waals surface area contributed by atoms with E-state index in [0.29, 0.717) is 9.88 Å². The lowest BCUT2D eigenvalue weighted by molar-refractivity contribution is 0.0942. The van der Waals surface area contributed by atoms with E-state index in [9.17, 15) is 9.59 Å². The maximum Gasteiger partial charge on any atom is 0.291 e. The van der Waals surface area contributed by atoms with E-state index in [1.807, 2.05) is 6.92 Å². The minimum Gasteiger partial charge on any atom is -0.459 e. The third-order valence-corrected chi connectivity index (χ3v) is 4.65. The summed E-state index contributed by atoms with van der Waals surface area (Å²) in [6.45, 7) is 3.60. The van der Waals surface area contributed by atoms with Crippen molar-refractivity contribution in [1.82, 2.24) is 10.6 Å². The molecule has 0 bridgehead atoms. The molecule has 3 heterocycles. The summed E-state index contributed by atoms with van der Waals surface area (Å²) in [6, 6.07) is 5.22. The van der Waals surface area contributed by atoms with Crippen molar-refractivity contribution in [3.8, 4) is 0 Å². The van der Waals surface area contributed by atoms with Crippen LogP contribution < -0.4 is 16.0 Å². The van der Waals surface area contributed by atoms with E-state index in [1.165, 1.54) is 17.6 Å². The Morgan fingerprint density at radius 2 is 2.22 bits per heavy atom. The van der Waals surface area contributed by atoms with Gasteiger partial charge in [-0.25, -0.2) is 0 Å². The number of carbonyl (C=O) groups is 2. The van der Waals surface area contributed by atoms with Gasteiger partial charge in [-0.1, -0.05) is 0 Å². The molecule has 0 radical (unpaired) electrons. The maximum absolute atomic E-state index is 12.3. The lowest BCUT2D eigenvalue weighted by atomic mass is 10.2. The fourth-order valence-electron chi connectivity index (χ4n) is 2.38. The SMILES string of the molecule is Cc1cc(NC(=O)c2ccco2)sc1C(=O)NC1CCNC1.Cl. The summed E-state index contributed by atoms with van der Waals surface area (Å²) >= 11 is 1.27. The zero-order valence-corrected chi connectivity index (χ0v) is 14.2. The molecule has 23 heavy (non-hydrogen) atoms. The molecule has 2 aromatic rings. The first-order chi connectivity index (χ1) is 10.6. The summed E-state index contributed by atoms with van der Waals surface area (Å²) in [5, 5.41) is 9.60. The molecule has 124 valence electrons. The number of carbonyl (C=O) groups excluding carboxylic acids is 2. The number of hydrogen-bond donors (Lipinski definition) is 3. The van der Waals surface area contributed by atoms with Crippen LogP contribution in [-0.4, -0.2) is 30.9 Å². The summed E-state index contributed by atoms with van der Waals surface area (Å²) in [6.07, 6.45) is 2.39. The summed E-state index contributed by atoms with van der Waals surface area (Å²) in [5.74, 6) is -0.165. The van der Waals surface area contributed by atoms with Crippen LogP contribution in [-0.2, 0) is 0 Å². The number of amides is 2. The highest BCUT2D eigenvalue weighted by Crippen LogP contribution is 2.27. The Bertz CT molecular complexity index is 678. The smallest absolute Gasteiger partial charge is 0.291 e. The zero-order chi connectivity index (χ0) is 15.5. The lowest BCUT2D eigenvalue weighted by Crippen LogP contribution is -2.36. The number of hydrogen-bond acceptors (Lipinski definition) is 5. The van der Waals surface area contributed by atoms with Crippen molar-refractivity contribution in [2.75, 3.05) is 18.4 Å². The van der Waals surface area contributed by atoms with Crippen LogP contribution in [0.3, 0.4) is 0 Å². The fourth-order valence-corrected chi connectivity index (χ4v) is 3.35. The molecular weight excluding hydrogens is 338 g/mol. The van der Waals surface area contributed by atoms with E-state index in [-0.39, 0.29) is 36.0 Å². The molecule has 6 nitrogen and oxygen atoms in total. The fraction of sp³-hybridized carbons (Fsp3) is 0.333. The van der Waals surface area contributed by atoms with Crippen LogP contribution in [0.5, 0.6) is 0 Å². The second-order valence-corrected chi connectivity index (χ2v) is 6.27. The van der Waals surface area contributed by atoms with Crippen molar-refractivity contribution in [2.24, 2.45) is 0 Å². The average Bonchev–Trinajstić information content (AvgIpc) is 3.19. The third kappa shape index (κ3) is 4.13. The van der Waals surface area contributed by atoms with Gasteiger partial charge in [-0.05, 0) is 43.7 Å². The van der Waals surface area contributed by atoms with Gasteiger partial charge in [0.1, 0.15) is 0 Å². The molecule has 0 aliphatic carbocycles. The molecule has 1 fully saturated rings. The second kappa shape index (κ2) is 7.63. The Labute approximate surface area is 144 Å². The van der Waals surface area contributed by atoms with Gasteiger partial charge in [0.05, 0.1) is 16.1 Å². The van der Waals surface area contributed by atoms with Crippen molar-refractivity contribution in [2.45, 2.75) is 19.4 Å². The first-order valence-corrected chi connectivity index (χ1v) is 7.92. The van der Waals surface area contributed by atoms with Crippen LogP contribution in [0, 0.1) is 6.92 Å². The standard InChI is InChI=1S/C15H17N3O3S.ClH/c1-9-7-12(18-14(19)11-3-2-6-21-11)22-13(9)15(20)17-10-4-5-16-8-10;/h2-3,6-7,10,16H,4-5,8H2,1H3,(H,17,20)(H,18,19);1H. The topological polar surface area (TPSA) is 83.4 Å². The molecule has 1 atom stereocenters. The van der Waals surface area contributed by atoms with Crippen molar-refractivity contribution < 1.29 is 14.0 Å². The monoisotopic (exact) mass is 355 g/mol. The zero-order valence-electron chi connectivity index (χ0n) is 12.5. The minimum absolute atomic E-state index is 0. The summed E-state index contributed by atoms with van der Waals surface area (Å²) in [4.78, 5) is 24.9. The molecular formula is C15H18ClN3O3S. The van der Waals surface area contributed by atoms with Gasteiger partial charge < -0.3 is 20.4 Å². The van der Waals surface area contributed by atoms with Crippen LogP contribution in [0.25, 0.3) is 0 Å². The highest BCUT2D eigenvalue weighted by atomic mass is 35.5. The number of thiophene rings is 1. The first kappa shape index (κ1) is 17.5. The van der Waals surface area contributed by atoms with E-state index < -0.39 is 0 Å². The van der Waals surface area contributed by atoms with Crippen LogP contribution in [0.1, 0.15) is 32.2 Å². The molecule has 3 rings (SSSR count). The number of aryl methyl sites for hydroxylation is 1. The van der Waals surface area contributed by atoms with Gasteiger partial charge in [-0.15, -0.1) is 23.7 Å². The summed E-state index contributed by atoms with van der Waals surface area (Å²) in [7, 11) is 0. The van der Waals surface area contributed by atoms with E-state index in [2.05, 4.69) is 16.0 Å². The van der Waals surface area contributed by atoms with Gasteiger partial charge in [0.2, 0.25) is 0 Å². The van der Waals surface area contributed by atoms with Crippen molar-refractivity contribution >= 4 is 40.6 Å². The Kier molecular flexibility index (Phi) is 5.81. The van der Waals surface area contributed by atoms with Crippen LogP contribution in [0.2, 0.25) is 0 Å². The normalized spacial score (nSPS) is 16.7. The molecule has 2 aromatic heterocycles. The van der Waals surface area contributed by atoms with Gasteiger partial charge in [-0.3, -0.25) is 9.59 Å². The predicted octanol–water partition coefficient (Wildman–Crippen LogP) is 2.42. The molecule has 1 aliphatic rings. The van der Waals surface area contributed by atoms with E-state index in [1.54, 1.807) is 18.2 Å². The quantitative estimate of drug-likeness (QED) is 0.786. The number of rotatable bonds is 4. The van der Waals surface area contributed by atoms with Crippen molar-refractivity contribution in [3.63, 3.8) is 0 Å². The van der Waals surface area contributed by atoms with Gasteiger partial charge in [0.15, 0.2) is 5.76 Å². The van der Waals surface area contributed by atoms with Crippen molar-refractivity contribution in [1.29, 1.82) is 0 Å². The molecule has 3 N–H and O–H groups in total. The highest BCUT2D eigenvalue weighted by molar-refractivity contribution is 7.18. The third-order valence-electron chi connectivity index (χ3n) is 3.50. The molecule has 2 amide bonds. The van der Waals surface area contributed by atoms with Crippen LogP contribution in [0.4, 0.5) is 5.00 Å². The molecule has 1 aliphatic heterocycles. The number of nitrogens with one attached hydrogen (secondary N) is 3. The highest BCUT2D eigenvalue weighted by Gasteiger charge is 2.21. The molecule has 0 spiro atoms. The predicted molar refractivity (Wildman–Crippen MR) is 91.7 cm³/mol. The maximum atomic E-state index is 12.3. The van der Waals surface area contributed by atoms with E-state index in [0.717, 1.165) is 25.1 Å². The van der Waals surface area contributed by atoms with Crippen molar-refractivity contribution in [3.05, 3.63) is 40.7 Å². The van der Waals surface area contributed by atoms with E-state index >= 15 is 0 Å². The molecule has 8 heteroatoms. The Hall–Kier alpha value is -1.83. The summed E-state index contributed by atoms with van der Waals surface area (Å²) in [5.41, 5.74) is 0.850. The Balaban J connectivity index is 0.00000192. The van der Waals surface area contributed by atoms with Gasteiger partial charge in [0.25, 0.3) is 11.8 Å². The molecule has 1 unspecified atom stereocenters. The molecule has 1 saturated heterocycles. The largest absolute Gasteiger partial charge is 0.459 e. The van der Waals surface area contributed by atoms with Gasteiger partial charge in [-0.2, -0.15) is 0 Å². The molecule has 0 aromatic carbocycles. The Morgan fingerprint density at radius 3 is 2.87 bits per heavy atom. The van der Waals surface area contributed by atoms with Crippen LogP contribution >= 0.6 is 23.7 Å². The first-order valence-electron chi connectivity index (χ1n) is 7.10. The Morgan fingerprint density at radius 1 is 1.39 bits per heavy atom. The van der Waals surface area contributed by atoms with E-state index in [4.69, 9.17) is 4.42 Å². The number of halogens is 1. The molecule has 0 saturated carbocycles. The van der Waals surface area contributed by atoms with Crippen LogP contribution in [0.15, 0.2) is 28.9 Å².